The molecule has 0 saturated carbocycles. The molecule has 0 spiro atoms. The van der Waals surface area contributed by atoms with E-state index in [9.17, 15) is 43.2 Å². The van der Waals surface area contributed by atoms with Gasteiger partial charge in [-0.2, -0.15) is 0 Å². The van der Waals surface area contributed by atoms with E-state index in [1.165, 1.54) is 57.8 Å². The first-order chi connectivity index (χ1) is 53.7. The van der Waals surface area contributed by atoms with Gasteiger partial charge in [-0.1, -0.05) is 279 Å². The topological polar surface area (TPSA) is 237 Å². The molecule has 0 aromatic heterocycles. The minimum atomic E-state index is -5.02. The van der Waals surface area contributed by atoms with Gasteiger partial charge in [-0.25, -0.2) is 9.13 Å². The van der Waals surface area contributed by atoms with E-state index >= 15 is 0 Å². The fraction of sp³-hybridized carbons (Fsp3) is 0.582. The zero-order valence-corrected chi connectivity index (χ0v) is 69.6. The molecule has 0 radical (unpaired) electrons. The summed E-state index contributed by atoms with van der Waals surface area (Å²) in [5.41, 5.74) is 0. The lowest BCUT2D eigenvalue weighted by atomic mass is 10.1. The number of aliphatic hydroxyl groups is 1. The molecule has 0 aromatic carbocycles. The number of ether oxygens (including phenoxy) is 4. The number of hydrogen-bond acceptors (Lipinski definition) is 15. The quantitative estimate of drug-likeness (QED) is 0.0169. The standard InChI is InChI=1S/C91H144O17P2/c1-5-9-13-17-21-25-29-33-37-41-42-46-50-54-58-62-66-70-74-78-91(96)108-87(82-102-89(94)76-72-68-64-60-56-52-48-44-39-35-31-27-23-19-15-11-7-3)84-106-110(99,100)104-80-85(92)79-103-109(97,98)105-83-86(107-90(95)77-73-69-65-61-57-53-49-45-40-36-32-28-24-20-16-12-8-4)81-101-88(93)75-71-67-63-59-55-51-47-43-38-34-30-26-22-18-14-10-6-2/h9,13,21-28,33-40,42,46-49,51-54,58-61,63-65,85-87,92H,5-8,10-12,14-20,29-32,41,43-45,50,55-57,62,66-84H2,1-4H3,(H,97,98)(H,99,100)/b13-9-,25-21-,26-22-,27-23-,28-24-,37-33-,38-34-,39-35-,40-36-,46-42-,51-47-,52-48-,53-49-,58-54-,63-59-,64-60-,65-61-/t85-,86+,87+/m0/s1. The molecule has 620 valence electrons. The number of phosphoric ester groups is 2. The number of carbonyl (C=O) groups is 4. The summed E-state index contributed by atoms with van der Waals surface area (Å²) in [6, 6.07) is 0. The zero-order valence-electron chi connectivity index (χ0n) is 67.8. The number of carbonyl (C=O) groups excluding carboxylic acids is 4. The highest BCUT2D eigenvalue weighted by atomic mass is 31.2. The molecule has 0 amide bonds. The number of aliphatic hydroxyl groups excluding tert-OH is 1. The van der Waals surface area contributed by atoms with Gasteiger partial charge in [0.15, 0.2) is 12.2 Å². The van der Waals surface area contributed by atoms with Crippen LogP contribution in [0.15, 0.2) is 207 Å². The molecule has 0 aliphatic rings. The van der Waals surface area contributed by atoms with Gasteiger partial charge in [0.25, 0.3) is 0 Å². The number of unbranched alkanes of at least 4 members (excludes halogenated alkanes) is 15. The normalized spacial score (nSPS) is 14.9. The Morgan fingerprint density at radius 1 is 0.264 bits per heavy atom. The number of allylic oxidation sites excluding steroid dienone is 34. The van der Waals surface area contributed by atoms with Gasteiger partial charge >= 0.3 is 39.5 Å². The molecule has 0 heterocycles. The van der Waals surface area contributed by atoms with Gasteiger partial charge in [-0.15, -0.1) is 0 Å². The maximum Gasteiger partial charge on any atom is 0.472 e. The number of rotatable bonds is 75. The molecule has 5 atom stereocenters. The van der Waals surface area contributed by atoms with E-state index in [1.54, 1.807) is 0 Å². The molecule has 3 N–H and O–H groups in total. The second kappa shape index (κ2) is 80.7. The molecule has 17 nitrogen and oxygen atoms in total. The highest BCUT2D eigenvalue weighted by Gasteiger charge is 2.30. The molecule has 0 aliphatic heterocycles. The lowest BCUT2D eigenvalue weighted by Gasteiger charge is -2.21. The molecule has 0 fully saturated rings. The van der Waals surface area contributed by atoms with Crippen molar-refractivity contribution in [2.24, 2.45) is 0 Å². The third kappa shape index (κ3) is 79.7. The van der Waals surface area contributed by atoms with E-state index in [0.29, 0.717) is 44.9 Å². The van der Waals surface area contributed by atoms with Gasteiger partial charge < -0.3 is 33.8 Å². The van der Waals surface area contributed by atoms with Crippen LogP contribution >= 0.6 is 15.6 Å². The SMILES string of the molecule is CC/C=C\C/C=C\C/C=C\C/C=C\C/C=C\CCCCCC(=O)O[C@H](COC(=O)CCC/C=C\C/C=C\C/C=C\C/C=C\CCCCC)COP(=O)(O)OC[C@@H](O)COP(=O)(O)OC[C@@H](COC(=O)CCC/C=C\C/C=C\C/C=C\C/C=C\CCCCC)OC(=O)CCC/C=C\C/C=C\C/C=C\C/C=C\CCCCC. The van der Waals surface area contributed by atoms with Crippen molar-refractivity contribution in [2.75, 3.05) is 39.6 Å². The van der Waals surface area contributed by atoms with E-state index in [1.807, 2.05) is 36.5 Å². The fourth-order valence-electron chi connectivity index (χ4n) is 9.93. The van der Waals surface area contributed by atoms with E-state index in [2.05, 4.69) is 198 Å². The van der Waals surface area contributed by atoms with Crippen molar-refractivity contribution < 1.29 is 80.2 Å². The third-order valence-electron chi connectivity index (χ3n) is 16.2. The van der Waals surface area contributed by atoms with Crippen molar-refractivity contribution in [2.45, 2.75) is 303 Å². The van der Waals surface area contributed by atoms with Crippen LogP contribution in [0.5, 0.6) is 0 Å². The van der Waals surface area contributed by atoms with Crippen molar-refractivity contribution in [1.82, 2.24) is 0 Å². The summed E-state index contributed by atoms with van der Waals surface area (Å²) >= 11 is 0. The summed E-state index contributed by atoms with van der Waals surface area (Å²) in [4.78, 5) is 73.1. The van der Waals surface area contributed by atoms with Crippen LogP contribution in [-0.4, -0.2) is 96.7 Å². The molecule has 0 aromatic rings. The van der Waals surface area contributed by atoms with Crippen molar-refractivity contribution in [3.05, 3.63) is 207 Å². The van der Waals surface area contributed by atoms with Gasteiger partial charge in [-0.05, 0) is 186 Å². The first-order valence-corrected chi connectivity index (χ1v) is 44.3. The highest BCUT2D eigenvalue weighted by Crippen LogP contribution is 2.45. The van der Waals surface area contributed by atoms with Gasteiger partial charge in [0.05, 0.1) is 26.4 Å². The van der Waals surface area contributed by atoms with E-state index in [4.69, 9.17) is 37.0 Å². The van der Waals surface area contributed by atoms with Crippen LogP contribution in [0.4, 0.5) is 0 Å². The van der Waals surface area contributed by atoms with Crippen LogP contribution in [-0.2, 0) is 65.4 Å². The molecule has 19 heteroatoms. The first-order valence-electron chi connectivity index (χ1n) is 41.3. The minimum Gasteiger partial charge on any atom is -0.462 e. The Bertz CT molecular complexity index is 2900. The second-order valence-corrected chi connectivity index (χ2v) is 29.5. The van der Waals surface area contributed by atoms with Crippen LogP contribution in [0.3, 0.4) is 0 Å². The van der Waals surface area contributed by atoms with Gasteiger partial charge in [0, 0.05) is 25.7 Å². The Hall–Kier alpha value is -6.36. The lowest BCUT2D eigenvalue weighted by Crippen LogP contribution is -2.30. The van der Waals surface area contributed by atoms with Crippen molar-refractivity contribution >= 4 is 39.5 Å². The maximum atomic E-state index is 13.1. The Balaban J connectivity index is 5.59. The predicted octanol–water partition coefficient (Wildman–Crippen LogP) is 24.7. The molecule has 0 aliphatic carbocycles. The number of hydrogen-bond donors (Lipinski definition) is 3. The Kier molecular flexibility index (Phi) is 76.0. The maximum absolute atomic E-state index is 13.1. The zero-order chi connectivity index (χ0) is 80.3. The third-order valence-corrected chi connectivity index (χ3v) is 18.1. The predicted molar refractivity (Wildman–Crippen MR) is 454 cm³/mol. The summed E-state index contributed by atoms with van der Waals surface area (Å²) in [6.07, 6.45) is 101. The Morgan fingerprint density at radius 3 is 0.745 bits per heavy atom. The molecule has 0 rings (SSSR count). The van der Waals surface area contributed by atoms with Gasteiger partial charge in [0.2, 0.25) is 0 Å². The summed E-state index contributed by atoms with van der Waals surface area (Å²) in [6.45, 7) is 4.42. The monoisotopic (exact) mass is 1570 g/mol. The van der Waals surface area contributed by atoms with Crippen LogP contribution in [0.1, 0.15) is 285 Å². The molecule has 0 saturated heterocycles. The van der Waals surface area contributed by atoms with E-state index in [-0.39, 0.29) is 25.7 Å². The Morgan fingerprint density at radius 2 is 0.482 bits per heavy atom. The van der Waals surface area contributed by atoms with Crippen molar-refractivity contribution in [1.29, 1.82) is 0 Å². The molecule has 2 unspecified atom stereocenters. The molecular formula is C91H144O17P2. The average Bonchev–Trinajstić information content (AvgIpc) is 0.900. The van der Waals surface area contributed by atoms with Gasteiger partial charge in [0.1, 0.15) is 19.3 Å². The van der Waals surface area contributed by atoms with Crippen molar-refractivity contribution in [3.63, 3.8) is 0 Å². The lowest BCUT2D eigenvalue weighted by molar-refractivity contribution is -0.161. The van der Waals surface area contributed by atoms with Crippen LogP contribution in [0.25, 0.3) is 0 Å². The van der Waals surface area contributed by atoms with E-state index in [0.717, 1.165) is 128 Å². The summed E-state index contributed by atoms with van der Waals surface area (Å²) in [5.74, 6) is -2.43. The fourth-order valence-corrected chi connectivity index (χ4v) is 11.5. The smallest absolute Gasteiger partial charge is 0.462 e. The van der Waals surface area contributed by atoms with Gasteiger partial charge in [-0.3, -0.25) is 37.3 Å². The average molecular weight is 1570 g/mol. The van der Waals surface area contributed by atoms with Crippen LogP contribution in [0.2, 0.25) is 0 Å². The van der Waals surface area contributed by atoms with Crippen molar-refractivity contribution in [3.8, 4) is 0 Å². The summed E-state index contributed by atoms with van der Waals surface area (Å²) < 4.78 is 68.5. The first kappa shape index (κ1) is 104. The molecular weight excluding hydrogens is 1430 g/mol. The minimum absolute atomic E-state index is 0.00308. The second-order valence-electron chi connectivity index (χ2n) is 26.6. The molecule has 110 heavy (non-hydrogen) atoms. The van der Waals surface area contributed by atoms with Crippen LogP contribution < -0.4 is 0 Å². The Labute approximate surface area is 665 Å². The molecule has 0 bridgehead atoms. The number of esters is 4. The summed E-state index contributed by atoms with van der Waals surface area (Å²) in [5, 5.41) is 10.7. The van der Waals surface area contributed by atoms with E-state index < -0.39 is 97.5 Å². The highest BCUT2D eigenvalue weighted by molar-refractivity contribution is 7.47. The number of phosphoric acid groups is 2. The largest absolute Gasteiger partial charge is 0.472 e. The van der Waals surface area contributed by atoms with Crippen LogP contribution in [0, 0.1) is 0 Å². The summed E-state index contributed by atoms with van der Waals surface area (Å²) in [7, 11) is -10.0.